The number of carbonyl (C=O) groups excluding carboxylic acids is 1. The van der Waals surface area contributed by atoms with E-state index in [0.29, 0.717) is 13.2 Å². The topological polar surface area (TPSA) is 47.6 Å². The van der Waals surface area contributed by atoms with E-state index in [1.807, 2.05) is 62.4 Å². The summed E-state index contributed by atoms with van der Waals surface area (Å²) in [7, 11) is 0. The van der Waals surface area contributed by atoms with Gasteiger partial charge in [-0.2, -0.15) is 0 Å². The van der Waals surface area contributed by atoms with Crippen molar-refractivity contribution in [1.82, 2.24) is 5.32 Å². The first-order chi connectivity index (χ1) is 11.1. The van der Waals surface area contributed by atoms with E-state index < -0.39 is 6.10 Å². The lowest BCUT2D eigenvalue weighted by Crippen LogP contribution is -2.38. The molecule has 0 radical (unpaired) electrons. The normalized spacial score (nSPS) is 11.6. The van der Waals surface area contributed by atoms with Gasteiger partial charge in [0, 0.05) is 0 Å². The molecule has 0 heterocycles. The van der Waals surface area contributed by atoms with Crippen molar-refractivity contribution < 1.29 is 14.3 Å². The third kappa shape index (κ3) is 5.33. The molecule has 0 aliphatic carbocycles. The van der Waals surface area contributed by atoms with E-state index in [0.717, 1.165) is 17.1 Å². The number of ether oxygens (including phenoxy) is 2. The van der Waals surface area contributed by atoms with Crippen molar-refractivity contribution in [2.45, 2.75) is 26.9 Å². The number of rotatable bonds is 7. The molecule has 0 spiro atoms. The molecule has 2 rings (SSSR count). The molecule has 122 valence electrons. The lowest BCUT2D eigenvalue weighted by Gasteiger charge is -2.16. The van der Waals surface area contributed by atoms with Crippen molar-refractivity contribution in [1.29, 1.82) is 0 Å². The van der Waals surface area contributed by atoms with Crippen LogP contribution in [0.1, 0.15) is 18.1 Å². The van der Waals surface area contributed by atoms with Crippen LogP contribution >= 0.6 is 0 Å². The predicted octanol–water partition coefficient (Wildman–Crippen LogP) is 3.27. The Labute approximate surface area is 137 Å². The third-order valence-electron chi connectivity index (χ3n) is 3.42. The highest BCUT2D eigenvalue weighted by Crippen LogP contribution is 2.20. The van der Waals surface area contributed by atoms with Gasteiger partial charge in [0.1, 0.15) is 18.1 Å². The molecular weight excluding hydrogens is 290 g/mol. The van der Waals surface area contributed by atoms with Gasteiger partial charge in [-0.25, -0.2) is 0 Å². The van der Waals surface area contributed by atoms with Crippen molar-refractivity contribution in [3.05, 3.63) is 59.7 Å². The van der Waals surface area contributed by atoms with E-state index >= 15 is 0 Å². The number of benzene rings is 2. The zero-order chi connectivity index (χ0) is 16.7. The van der Waals surface area contributed by atoms with Crippen molar-refractivity contribution in [2.75, 3.05) is 13.2 Å². The Morgan fingerprint density at radius 3 is 2.57 bits per heavy atom. The molecule has 4 heteroatoms. The summed E-state index contributed by atoms with van der Waals surface area (Å²) in [5.41, 5.74) is 2.20. The van der Waals surface area contributed by atoms with Crippen molar-refractivity contribution >= 4 is 5.91 Å². The molecule has 2 aromatic carbocycles. The number of para-hydroxylation sites is 1. The fourth-order valence-electron chi connectivity index (χ4n) is 2.18. The Morgan fingerprint density at radius 1 is 1.13 bits per heavy atom. The summed E-state index contributed by atoms with van der Waals surface area (Å²) in [6, 6.07) is 15.4. The quantitative estimate of drug-likeness (QED) is 0.798. The summed E-state index contributed by atoms with van der Waals surface area (Å²) in [5.74, 6) is 1.38. The van der Waals surface area contributed by atoms with Gasteiger partial charge in [-0.05, 0) is 44.5 Å². The Hall–Kier alpha value is -2.49. The molecule has 0 bridgehead atoms. The lowest BCUT2D eigenvalue weighted by atomic mass is 10.1. The van der Waals surface area contributed by atoms with Crippen LogP contribution in [-0.2, 0) is 4.79 Å². The maximum absolute atomic E-state index is 12.0. The average Bonchev–Trinajstić information content (AvgIpc) is 2.55. The Balaban J connectivity index is 1.74. The molecule has 1 atom stereocenters. The monoisotopic (exact) mass is 313 g/mol. The average molecular weight is 313 g/mol. The third-order valence-corrected chi connectivity index (χ3v) is 3.42. The first-order valence-corrected chi connectivity index (χ1v) is 7.76. The number of nitrogens with one attached hydrogen (secondary N) is 1. The van der Waals surface area contributed by atoms with Gasteiger partial charge in [-0.3, -0.25) is 4.79 Å². The fourth-order valence-corrected chi connectivity index (χ4v) is 2.18. The highest BCUT2D eigenvalue weighted by atomic mass is 16.5. The minimum Gasteiger partial charge on any atom is -0.492 e. The van der Waals surface area contributed by atoms with Crippen molar-refractivity contribution in [2.24, 2.45) is 0 Å². The second-order valence-electron chi connectivity index (χ2n) is 5.48. The molecule has 0 aliphatic heterocycles. The van der Waals surface area contributed by atoms with E-state index in [-0.39, 0.29) is 5.91 Å². The van der Waals surface area contributed by atoms with Crippen LogP contribution in [-0.4, -0.2) is 25.2 Å². The zero-order valence-corrected chi connectivity index (χ0v) is 13.8. The molecule has 0 unspecified atom stereocenters. The van der Waals surface area contributed by atoms with Gasteiger partial charge in [0.25, 0.3) is 5.91 Å². The minimum absolute atomic E-state index is 0.151. The van der Waals surface area contributed by atoms with Crippen LogP contribution in [0, 0.1) is 13.8 Å². The van der Waals surface area contributed by atoms with Gasteiger partial charge in [0.05, 0.1) is 6.54 Å². The molecule has 2 aromatic rings. The van der Waals surface area contributed by atoms with Gasteiger partial charge in [-0.15, -0.1) is 0 Å². The minimum atomic E-state index is -0.548. The fraction of sp³-hybridized carbons (Fsp3) is 0.316. The van der Waals surface area contributed by atoms with E-state index in [9.17, 15) is 4.79 Å². The molecule has 1 amide bonds. The van der Waals surface area contributed by atoms with E-state index in [2.05, 4.69) is 5.32 Å². The summed E-state index contributed by atoms with van der Waals surface area (Å²) < 4.78 is 11.3. The first kappa shape index (κ1) is 16.9. The molecule has 1 N–H and O–H groups in total. The second kappa shape index (κ2) is 8.22. The van der Waals surface area contributed by atoms with Crippen LogP contribution in [0.15, 0.2) is 48.5 Å². The van der Waals surface area contributed by atoms with E-state index in [1.165, 1.54) is 5.56 Å². The van der Waals surface area contributed by atoms with Gasteiger partial charge >= 0.3 is 0 Å². The van der Waals surface area contributed by atoms with Gasteiger partial charge < -0.3 is 14.8 Å². The van der Waals surface area contributed by atoms with Crippen LogP contribution in [0.4, 0.5) is 0 Å². The van der Waals surface area contributed by atoms with Crippen molar-refractivity contribution in [3.8, 4) is 11.5 Å². The van der Waals surface area contributed by atoms with Crippen LogP contribution < -0.4 is 14.8 Å². The van der Waals surface area contributed by atoms with Crippen LogP contribution in [0.25, 0.3) is 0 Å². The summed E-state index contributed by atoms with van der Waals surface area (Å²) in [6.45, 7) is 6.60. The number of aryl methyl sites for hydroxylation is 2. The highest BCUT2D eigenvalue weighted by Gasteiger charge is 2.15. The number of carbonyl (C=O) groups is 1. The zero-order valence-electron chi connectivity index (χ0n) is 13.8. The van der Waals surface area contributed by atoms with Gasteiger partial charge in [0.2, 0.25) is 0 Å². The maximum atomic E-state index is 12.0. The summed E-state index contributed by atoms with van der Waals surface area (Å²) in [6.07, 6.45) is -0.548. The molecule has 0 aliphatic rings. The molecular formula is C19H23NO3. The SMILES string of the molecule is Cc1ccc(O[C@@H](C)C(=O)NCCOc2ccccc2)c(C)c1. The van der Waals surface area contributed by atoms with Crippen LogP contribution in [0.5, 0.6) is 11.5 Å². The van der Waals surface area contributed by atoms with Crippen LogP contribution in [0.3, 0.4) is 0 Å². The second-order valence-corrected chi connectivity index (χ2v) is 5.48. The standard InChI is InChI=1S/C19H23NO3/c1-14-9-10-18(15(2)13-14)23-16(3)19(21)20-11-12-22-17-7-5-4-6-8-17/h4-10,13,16H,11-12H2,1-3H3,(H,20,21)/t16-/m0/s1. The first-order valence-electron chi connectivity index (χ1n) is 7.76. The van der Waals surface area contributed by atoms with Crippen molar-refractivity contribution in [3.63, 3.8) is 0 Å². The lowest BCUT2D eigenvalue weighted by molar-refractivity contribution is -0.127. The Kier molecular flexibility index (Phi) is 6.03. The molecule has 0 saturated carbocycles. The predicted molar refractivity (Wildman–Crippen MR) is 91.0 cm³/mol. The van der Waals surface area contributed by atoms with E-state index in [1.54, 1.807) is 6.92 Å². The summed E-state index contributed by atoms with van der Waals surface area (Å²) in [4.78, 5) is 12.0. The smallest absolute Gasteiger partial charge is 0.260 e. The maximum Gasteiger partial charge on any atom is 0.260 e. The molecule has 0 saturated heterocycles. The largest absolute Gasteiger partial charge is 0.492 e. The Morgan fingerprint density at radius 2 is 1.87 bits per heavy atom. The number of hydrogen-bond donors (Lipinski definition) is 1. The Bertz CT molecular complexity index is 640. The molecule has 0 aromatic heterocycles. The molecule has 0 fully saturated rings. The molecule has 4 nitrogen and oxygen atoms in total. The van der Waals surface area contributed by atoms with Gasteiger partial charge in [-0.1, -0.05) is 35.9 Å². The molecule has 23 heavy (non-hydrogen) atoms. The highest BCUT2D eigenvalue weighted by molar-refractivity contribution is 5.80. The van der Waals surface area contributed by atoms with E-state index in [4.69, 9.17) is 9.47 Å². The van der Waals surface area contributed by atoms with Crippen LogP contribution in [0.2, 0.25) is 0 Å². The number of amides is 1. The number of hydrogen-bond acceptors (Lipinski definition) is 3. The summed E-state index contributed by atoms with van der Waals surface area (Å²) >= 11 is 0. The van der Waals surface area contributed by atoms with Gasteiger partial charge in [0.15, 0.2) is 6.10 Å². The summed E-state index contributed by atoms with van der Waals surface area (Å²) in [5, 5.41) is 2.81.